The van der Waals surface area contributed by atoms with Crippen LogP contribution < -0.4 is 5.32 Å². The maximum atomic E-state index is 13.2. The van der Waals surface area contributed by atoms with Crippen molar-refractivity contribution in [2.24, 2.45) is 0 Å². The average molecular weight is 329 g/mol. The molecule has 1 amide bonds. The smallest absolute Gasteiger partial charge is 0.322 e. The molecule has 0 saturated carbocycles. The van der Waals surface area contributed by atoms with Crippen LogP contribution in [0, 0.1) is 25.5 Å². The van der Waals surface area contributed by atoms with Gasteiger partial charge in [0, 0.05) is 11.1 Å². The van der Waals surface area contributed by atoms with E-state index in [-0.39, 0.29) is 17.5 Å². The van der Waals surface area contributed by atoms with E-state index in [1.165, 1.54) is 0 Å². The topological polar surface area (TPSA) is 68.0 Å². The molecule has 1 heterocycles. The van der Waals surface area contributed by atoms with Crippen LogP contribution in [0.2, 0.25) is 0 Å². The Labute approximate surface area is 136 Å². The molecule has 5 nitrogen and oxygen atoms in total. The second-order valence-electron chi connectivity index (χ2n) is 5.37. The number of benzene rings is 2. The summed E-state index contributed by atoms with van der Waals surface area (Å²) in [6, 6.07) is 8.47. The van der Waals surface area contributed by atoms with Crippen molar-refractivity contribution in [2.45, 2.75) is 13.8 Å². The van der Waals surface area contributed by atoms with Gasteiger partial charge >= 0.3 is 6.01 Å². The van der Waals surface area contributed by atoms with E-state index >= 15 is 0 Å². The van der Waals surface area contributed by atoms with Crippen molar-refractivity contribution in [3.63, 3.8) is 0 Å². The molecule has 0 atom stereocenters. The Morgan fingerprint density at radius 2 is 1.71 bits per heavy atom. The summed E-state index contributed by atoms with van der Waals surface area (Å²) in [6.07, 6.45) is 0. The number of amides is 1. The van der Waals surface area contributed by atoms with Crippen LogP contribution in [0.5, 0.6) is 0 Å². The number of carbonyl (C=O) groups is 1. The molecular weight excluding hydrogens is 316 g/mol. The standard InChI is InChI=1S/C17H13F2N3O2/c1-9-5-10(2)7-12(6-9)16-21-22-17(24-16)20-15(23)11-3-4-13(18)14(19)8-11/h3-8H,1-2H3,(H,20,22,23). The van der Waals surface area contributed by atoms with Crippen LogP contribution in [0.15, 0.2) is 40.8 Å². The lowest BCUT2D eigenvalue weighted by Crippen LogP contribution is -2.12. The van der Waals surface area contributed by atoms with Gasteiger partial charge in [-0.3, -0.25) is 10.1 Å². The van der Waals surface area contributed by atoms with Gasteiger partial charge in [0.1, 0.15) is 0 Å². The lowest BCUT2D eigenvalue weighted by atomic mass is 10.1. The lowest BCUT2D eigenvalue weighted by molar-refractivity contribution is 0.102. The van der Waals surface area contributed by atoms with E-state index in [2.05, 4.69) is 15.5 Å². The molecule has 0 saturated heterocycles. The van der Waals surface area contributed by atoms with Gasteiger partial charge in [0.2, 0.25) is 5.89 Å². The van der Waals surface area contributed by atoms with Crippen molar-refractivity contribution >= 4 is 11.9 Å². The zero-order valence-corrected chi connectivity index (χ0v) is 12.9. The quantitative estimate of drug-likeness (QED) is 0.792. The first-order valence-corrected chi connectivity index (χ1v) is 7.11. The van der Waals surface area contributed by atoms with E-state index in [1.54, 1.807) is 0 Å². The molecule has 2 aromatic carbocycles. The van der Waals surface area contributed by atoms with Gasteiger partial charge in [0.05, 0.1) is 0 Å². The zero-order valence-electron chi connectivity index (χ0n) is 12.9. The predicted molar refractivity (Wildman–Crippen MR) is 83.5 cm³/mol. The highest BCUT2D eigenvalue weighted by molar-refractivity contribution is 6.03. The molecule has 3 rings (SSSR count). The molecule has 3 aromatic rings. The van der Waals surface area contributed by atoms with E-state index in [0.717, 1.165) is 34.9 Å². The van der Waals surface area contributed by atoms with Crippen LogP contribution >= 0.6 is 0 Å². The molecule has 0 fully saturated rings. The van der Waals surface area contributed by atoms with Crippen molar-refractivity contribution in [3.8, 4) is 11.5 Å². The first-order chi connectivity index (χ1) is 11.4. The summed E-state index contributed by atoms with van der Waals surface area (Å²) in [7, 11) is 0. The summed E-state index contributed by atoms with van der Waals surface area (Å²) in [6.45, 7) is 3.89. The number of anilines is 1. The molecule has 1 aromatic heterocycles. The Morgan fingerprint density at radius 3 is 2.38 bits per heavy atom. The highest BCUT2D eigenvalue weighted by Gasteiger charge is 2.14. The third-order valence-corrected chi connectivity index (χ3v) is 3.30. The van der Waals surface area contributed by atoms with Gasteiger partial charge in [-0.05, 0) is 44.2 Å². The van der Waals surface area contributed by atoms with Crippen LogP contribution in [0.1, 0.15) is 21.5 Å². The normalized spacial score (nSPS) is 10.7. The maximum Gasteiger partial charge on any atom is 0.322 e. The largest absolute Gasteiger partial charge is 0.403 e. The van der Waals surface area contributed by atoms with Crippen molar-refractivity contribution in [2.75, 3.05) is 5.32 Å². The number of hydrogen-bond acceptors (Lipinski definition) is 4. The van der Waals surface area contributed by atoms with Crippen molar-refractivity contribution in [1.82, 2.24) is 10.2 Å². The average Bonchev–Trinajstić information content (AvgIpc) is 2.97. The third-order valence-electron chi connectivity index (χ3n) is 3.30. The molecule has 0 aliphatic carbocycles. The van der Waals surface area contributed by atoms with Gasteiger partial charge in [0.15, 0.2) is 11.6 Å². The molecule has 24 heavy (non-hydrogen) atoms. The van der Waals surface area contributed by atoms with Crippen molar-refractivity contribution < 1.29 is 18.0 Å². The summed E-state index contributed by atoms with van der Waals surface area (Å²) >= 11 is 0. The molecule has 1 N–H and O–H groups in total. The van der Waals surface area contributed by atoms with Gasteiger partial charge in [-0.25, -0.2) is 8.78 Å². The SMILES string of the molecule is Cc1cc(C)cc(-c2nnc(NC(=O)c3ccc(F)c(F)c3)o2)c1. The Kier molecular flexibility index (Phi) is 4.07. The van der Waals surface area contributed by atoms with Crippen LogP contribution in [-0.2, 0) is 0 Å². The molecule has 0 aliphatic heterocycles. The van der Waals surface area contributed by atoms with Gasteiger partial charge in [-0.2, -0.15) is 0 Å². The summed E-state index contributed by atoms with van der Waals surface area (Å²) in [5.74, 6) is -2.56. The number of aryl methyl sites for hydroxylation is 2. The minimum Gasteiger partial charge on any atom is -0.403 e. The zero-order chi connectivity index (χ0) is 17.3. The summed E-state index contributed by atoms with van der Waals surface area (Å²) in [5, 5.41) is 9.98. The van der Waals surface area contributed by atoms with E-state index in [4.69, 9.17) is 4.42 Å². The van der Waals surface area contributed by atoms with Crippen LogP contribution in [0.3, 0.4) is 0 Å². The second-order valence-corrected chi connectivity index (χ2v) is 5.37. The Balaban J connectivity index is 1.80. The minimum atomic E-state index is -1.11. The Hall–Kier alpha value is -3.09. The van der Waals surface area contributed by atoms with Gasteiger partial charge in [-0.1, -0.05) is 22.3 Å². The maximum absolute atomic E-state index is 13.2. The molecular formula is C17H13F2N3O2. The first-order valence-electron chi connectivity index (χ1n) is 7.11. The third kappa shape index (κ3) is 3.29. The molecule has 122 valence electrons. The molecule has 7 heteroatoms. The number of hydrogen-bond donors (Lipinski definition) is 1. The second kappa shape index (κ2) is 6.19. The van der Waals surface area contributed by atoms with E-state index in [1.807, 2.05) is 32.0 Å². The lowest BCUT2D eigenvalue weighted by Gasteiger charge is -2.02. The summed E-state index contributed by atoms with van der Waals surface area (Å²) in [4.78, 5) is 12.0. The van der Waals surface area contributed by atoms with Crippen molar-refractivity contribution in [1.29, 1.82) is 0 Å². The number of nitrogens with one attached hydrogen (secondary N) is 1. The monoisotopic (exact) mass is 329 g/mol. The molecule has 0 aliphatic rings. The molecule has 0 radical (unpaired) electrons. The number of aromatic nitrogens is 2. The van der Waals surface area contributed by atoms with Gasteiger partial charge in [-0.15, -0.1) is 5.10 Å². The molecule has 0 spiro atoms. The summed E-state index contributed by atoms with van der Waals surface area (Å²) < 4.78 is 31.5. The molecule has 0 unspecified atom stereocenters. The fraction of sp³-hybridized carbons (Fsp3) is 0.118. The minimum absolute atomic E-state index is 0.0555. The fourth-order valence-electron chi connectivity index (χ4n) is 2.30. The number of rotatable bonds is 3. The highest BCUT2D eigenvalue weighted by atomic mass is 19.2. The fourth-order valence-corrected chi connectivity index (χ4v) is 2.30. The van der Waals surface area contributed by atoms with Crippen LogP contribution in [-0.4, -0.2) is 16.1 Å². The predicted octanol–water partition coefficient (Wildman–Crippen LogP) is 3.88. The van der Waals surface area contributed by atoms with Gasteiger partial charge in [0.25, 0.3) is 5.91 Å². The van der Waals surface area contributed by atoms with E-state index < -0.39 is 17.5 Å². The van der Waals surface area contributed by atoms with Gasteiger partial charge < -0.3 is 4.42 Å². The highest BCUT2D eigenvalue weighted by Crippen LogP contribution is 2.22. The Bertz CT molecular complexity index is 902. The van der Waals surface area contributed by atoms with E-state index in [0.29, 0.717) is 0 Å². The van der Waals surface area contributed by atoms with Crippen LogP contribution in [0.4, 0.5) is 14.8 Å². The number of carbonyl (C=O) groups excluding carboxylic acids is 1. The first kappa shape index (κ1) is 15.8. The summed E-state index contributed by atoms with van der Waals surface area (Å²) in [5.41, 5.74) is 2.75. The Morgan fingerprint density at radius 1 is 1.00 bits per heavy atom. The number of halogens is 2. The van der Waals surface area contributed by atoms with Crippen molar-refractivity contribution in [3.05, 3.63) is 64.7 Å². The van der Waals surface area contributed by atoms with E-state index in [9.17, 15) is 13.6 Å². The van der Waals surface area contributed by atoms with Crippen LogP contribution in [0.25, 0.3) is 11.5 Å². The number of nitrogens with zero attached hydrogens (tertiary/aromatic N) is 2. The molecule has 0 bridgehead atoms.